The first-order chi connectivity index (χ1) is 8.34. The van der Waals surface area contributed by atoms with Gasteiger partial charge < -0.3 is 15.4 Å². The van der Waals surface area contributed by atoms with Crippen LogP contribution < -0.4 is 5.32 Å². The first-order valence-corrected chi connectivity index (χ1v) is 6.30. The highest BCUT2D eigenvalue weighted by molar-refractivity contribution is 5.80. The summed E-state index contributed by atoms with van der Waals surface area (Å²) in [6, 6.07) is 8.21. The van der Waals surface area contributed by atoms with Crippen molar-refractivity contribution in [2.45, 2.75) is 18.9 Å². The lowest BCUT2D eigenvalue weighted by molar-refractivity contribution is 0.0923. The maximum Gasteiger partial charge on any atom is 0.0830 e. The molecule has 3 N–H and O–H groups in total. The number of piperidine rings is 1. The summed E-state index contributed by atoms with van der Waals surface area (Å²) in [5, 5.41) is 14.9. The summed E-state index contributed by atoms with van der Waals surface area (Å²) < 4.78 is 0. The van der Waals surface area contributed by atoms with E-state index in [1.165, 1.54) is 5.39 Å². The summed E-state index contributed by atoms with van der Waals surface area (Å²) in [5.74, 6) is 0.347. The predicted molar refractivity (Wildman–Crippen MR) is 68.9 cm³/mol. The van der Waals surface area contributed by atoms with Crippen LogP contribution in [0.1, 0.15) is 24.5 Å². The van der Waals surface area contributed by atoms with Gasteiger partial charge in [0, 0.05) is 24.2 Å². The molecule has 0 spiro atoms. The van der Waals surface area contributed by atoms with Crippen LogP contribution in [0.3, 0.4) is 0 Å². The van der Waals surface area contributed by atoms with Gasteiger partial charge in [-0.1, -0.05) is 6.07 Å². The van der Waals surface area contributed by atoms with E-state index in [1.807, 2.05) is 24.4 Å². The lowest BCUT2D eigenvalue weighted by Gasteiger charge is -2.27. The Hall–Kier alpha value is -1.32. The number of benzene rings is 1. The molecule has 0 bridgehead atoms. The molecule has 2 aromatic rings. The number of fused-ring (bicyclic) bond motifs is 1. The second kappa shape index (κ2) is 4.51. The number of nitrogens with one attached hydrogen (secondary N) is 2. The van der Waals surface area contributed by atoms with Crippen molar-refractivity contribution in [3.63, 3.8) is 0 Å². The van der Waals surface area contributed by atoms with Crippen LogP contribution in [0.5, 0.6) is 0 Å². The summed E-state index contributed by atoms with van der Waals surface area (Å²) >= 11 is 0. The first-order valence-electron chi connectivity index (χ1n) is 6.30. The van der Waals surface area contributed by atoms with Gasteiger partial charge in [-0.25, -0.2) is 0 Å². The number of aromatic amines is 1. The van der Waals surface area contributed by atoms with Crippen molar-refractivity contribution >= 4 is 10.9 Å². The van der Waals surface area contributed by atoms with E-state index < -0.39 is 0 Å². The van der Waals surface area contributed by atoms with Crippen molar-refractivity contribution in [3.8, 4) is 0 Å². The van der Waals surface area contributed by atoms with E-state index in [9.17, 15) is 5.11 Å². The molecule has 2 atom stereocenters. The fraction of sp³-hybridized carbons (Fsp3) is 0.429. The van der Waals surface area contributed by atoms with Crippen LogP contribution >= 0.6 is 0 Å². The lowest BCUT2D eigenvalue weighted by atomic mass is 9.89. The Morgan fingerprint density at radius 3 is 3.06 bits per heavy atom. The molecule has 1 aliphatic heterocycles. The molecule has 17 heavy (non-hydrogen) atoms. The normalized spacial score (nSPS) is 22.8. The largest absolute Gasteiger partial charge is 0.388 e. The molecule has 0 radical (unpaired) electrons. The van der Waals surface area contributed by atoms with Gasteiger partial charge in [-0.15, -0.1) is 0 Å². The Morgan fingerprint density at radius 2 is 2.24 bits per heavy atom. The molecule has 0 amide bonds. The number of aliphatic hydroxyl groups is 1. The summed E-state index contributed by atoms with van der Waals surface area (Å²) in [6.45, 7) is 2.01. The monoisotopic (exact) mass is 230 g/mol. The number of aromatic nitrogens is 1. The van der Waals surface area contributed by atoms with Crippen LogP contribution in [0.4, 0.5) is 0 Å². The van der Waals surface area contributed by atoms with Crippen molar-refractivity contribution in [1.82, 2.24) is 10.3 Å². The van der Waals surface area contributed by atoms with Gasteiger partial charge in [0.2, 0.25) is 0 Å². The van der Waals surface area contributed by atoms with E-state index >= 15 is 0 Å². The Bertz CT molecular complexity index is 500. The van der Waals surface area contributed by atoms with Gasteiger partial charge in [0.1, 0.15) is 0 Å². The van der Waals surface area contributed by atoms with E-state index in [1.54, 1.807) is 0 Å². The summed E-state index contributed by atoms with van der Waals surface area (Å²) in [5.41, 5.74) is 2.16. The number of H-pyrrole nitrogens is 1. The third kappa shape index (κ3) is 2.08. The van der Waals surface area contributed by atoms with Gasteiger partial charge in [-0.3, -0.25) is 0 Å². The highest BCUT2D eigenvalue weighted by Crippen LogP contribution is 2.28. The minimum atomic E-state index is -0.345. The quantitative estimate of drug-likeness (QED) is 0.740. The van der Waals surface area contributed by atoms with Gasteiger partial charge in [0.15, 0.2) is 0 Å². The Morgan fingerprint density at radius 1 is 1.29 bits per heavy atom. The minimum absolute atomic E-state index is 0.345. The van der Waals surface area contributed by atoms with Crippen molar-refractivity contribution in [3.05, 3.63) is 36.0 Å². The van der Waals surface area contributed by atoms with Crippen LogP contribution in [0, 0.1) is 5.92 Å². The van der Waals surface area contributed by atoms with Gasteiger partial charge in [-0.05, 0) is 48.5 Å². The van der Waals surface area contributed by atoms with E-state index in [0.29, 0.717) is 5.92 Å². The zero-order valence-corrected chi connectivity index (χ0v) is 9.82. The molecule has 0 aliphatic carbocycles. The van der Waals surface area contributed by atoms with Gasteiger partial charge in [0.25, 0.3) is 0 Å². The maximum atomic E-state index is 10.4. The van der Waals surface area contributed by atoms with E-state index in [4.69, 9.17) is 0 Å². The van der Waals surface area contributed by atoms with Crippen molar-refractivity contribution in [2.24, 2.45) is 5.92 Å². The van der Waals surface area contributed by atoms with Gasteiger partial charge >= 0.3 is 0 Å². The standard InChI is InChI=1S/C14H18N2O/c17-14(12-2-1-6-15-9-12)11-3-4-13-10(8-11)5-7-16-13/h3-5,7-8,12,14-17H,1-2,6,9H2. The fourth-order valence-electron chi connectivity index (χ4n) is 2.68. The molecule has 1 aliphatic rings. The van der Waals surface area contributed by atoms with Gasteiger partial charge in [-0.2, -0.15) is 0 Å². The first kappa shape index (κ1) is 10.8. The van der Waals surface area contributed by atoms with Gasteiger partial charge in [0.05, 0.1) is 6.10 Å². The zero-order chi connectivity index (χ0) is 11.7. The molecule has 0 saturated carbocycles. The maximum absolute atomic E-state index is 10.4. The molecule has 2 unspecified atom stereocenters. The highest BCUT2D eigenvalue weighted by atomic mass is 16.3. The van der Waals surface area contributed by atoms with Crippen LogP contribution in [-0.2, 0) is 0 Å². The molecule has 3 nitrogen and oxygen atoms in total. The number of rotatable bonds is 2. The average Bonchev–Trinajstić information content (AvgIpc) is 2.86. The van der Waals surface area contributed by atoms with E-state index in [-0.39, 0.29) is 6.10 Å². The molecule has 90 valence electrons. The van der Waals surface area contributed by atoms with E-state index in [2.05, 4.69) is 16.4 Å². The van der Waals surface area contributed by atoms with Crippen molar-refractivity contribution in [2.75, 3.05) is 13.1 Å². The second-order valence-electron chi connectivity index (χ2n) is 4.88. The Balaban J connectivity index is 1.86. The molecular weight excluding hydrogens is 212 g/mol. The van der Waals surface area contributed by atoms with Crippen LogP contribution in [0.2, 0.25) is 0 Å². The summed E-state index contributed by atoms with van der Waals surface area (Å²) in [6.07, 6.45) is 3.86. The third-order valence-electron chi connectivity index (χ3n) is 3.70. The topological polar surface area (TPSA) is 48.0 Å². The molecule has 1 saturated heterocycles. The summed E-state index contributed by atoms with van der Waals surface area (Å²) in [7, 11) is 0. The molecular formula is C14H18N2O. The Labute approximate surface area is 101 Å². The fourth-order valence-corrected chi connectivity index (χ4v) is 2.68. The molecule has 1 fully saturated rings. The zero-order valence-electron chi connectivity index (χ0n) is 9.82. The van der Waals surface area contributed by atoms with E-state index in [0.717, 1.165) is 37.0 Å². The molecule has 3 heteroatoms. The van der Waals surface area contributed by atoms with Crippen LogP contribution in [-0.4, -0.2) is 23.2 Å². The molecule has 1 aromatic carbocycles. The lowest BCUT2D eigenvalue weighted by Crippen LogP contribution is -2.33. The van der Waals surface area contributed by atoms with Crippen molar-refractivity contribution < 1.29 is 5.11 Å². The number of hydrogen-bond donors (Lipinski definition) is 3. The third-order valence-corrected chi connectivity index (χ3v) is 3.70. The summed E-state index contributed by atoms with van der Waals surface area (Å²) in [4.78, 5) is 3.17. The smallest absolute Gasteiger partial charge is 0.0830 e. The van der Waals surface area contributed by atoms with Crippen molar-refractivity contribution in [1.29, 1.82) is 0 Å². The SMILES string of the molecule is OC(c1ccc2[nH]ccc2c1)C1CCCNC1. The molecule has 1 aromatic heterocycles. The average molecular weight is 230 g/mol. The number of aliphatic hydroxyl groups excluding tert-OH is 1. The second-order valence-corrected chi connectivity index (χ2v) is 4.88. The minimum Gasteiger partial charge on any atom is -0.388 e. The van der Waals surface area contributed by atoms with Crippen LogP contribution in [0.15, 0.2) is 30.5 Å². The van der Waals surface area contributed by atoms with Crippen LogP contribution in [0.25, 0.3) is 10.9 Å². The molecule has 3 rings (SSSR count). The molecule has 2 heterocycles. The Kier molecular flexibility index (Phi) is 2.87. The predicted octanol–water partition coefficient (Wildman–Crippen LogP) is 2.20. The number of hydrogen-bond acceptors (Lipinski definition) is 2. The highest BCUT2D eigenvalue weighted by Gasteiger charge is 2.22.